The van der Waals surface area contributed by atoms with E-state index in [4.69, 9.17) is 4.74 Å². The van der Waals surface area contributed by atoms with E-state index in [2.05, 4.69) is 0 Å². The molecule has 1 heterocycles. The molecule has 1 aliphatic rings. The molecule has 1 N–H and O–H groups in total. The molecule has 2 aromatic rings. The Hall–Kier alpha value is -2.29. The molecular formula is C16H14O3. The Balaban J connectivity index is 2.05. The lowest BCUT2D eigenvalue weighted by Crippen LogP contribution is -2.16. The minimum atomic E-state index is 0.0792. The summed E-state index contributed by atoms with van der Waals surface area (Å²) in [4.78, 5) is 11.8. The van der Waals surface area contributed by atoms with Crippen LogP contribution in [0.25, 0.3) is 0 Å². The van der Waals surface area contributed by atoms with Crippen molar-refractivity contribution in [1.29, 1.82) is 0 Å². The molecule has 0 radical (unpaired) electrons. The predicted octanol–water partition coefficient (Wildman–Crippen LogP) is 2.95. The van der Waals surface area contributed by atoms with E-state index in [-0.39, 0.29) is 11.5 Å². The van der Waals surface area contributed by atoms with Gasteiger partial charge in [0.25, 0.3) is 0 Å². The highest BCUT2D eigenvalue weighted by molar-refractivity contribution is 6.00. The van der Waals surface area contributed by atoms with Gasteiger partial charge in [0.1, 0.15) is 11.5 Å². The number of fused-ring (bicyclic) bond motifs is 1. The Morgan fingerprint density at radius 3 is 2.68 bits per heavy atom. The van der Waals surface area contributed by atoms with Gasteiger partial charge in [0.05, 0.1) is 12.2 Å². The number of carbonyl (C=O) groups is 1. The summed E-state index contributed by atoms with van der Waals surface area (Å²) in [5.74, 6) is 0.799. The van der Waals surface area contributed by atoms with Crippen LogP contribution in [0.15, 0.2) is 42.5 Å². The number of ketones is 1. The number of hydrogen-bond donors (Lipinski definition) is 1. The molecule has 3 nitrogen and oxygen atoms in total. The Morgan fingerprint density at radius 1 is 1.11 bits per heavy atom. The zero-order chi connectivity index (χ0) is 13.2. The van der Waals surface area contributed by atoms with Crippen molar-refractivity contribution in [3.63, 3.8) is 0 Å². The third kappa shape index (κ3) is 2.19. The lowest BCUT2D eigenvalue weighted by Gasteiger charge is -2.20. The van der Waals surface area contributed by atoms with E-state index in [1.54, 1.807) is 12.1 Å². The number of rotatable bonds is 2. The van der Waals surface area contributed by atoms with E-state index in [0.717, 1.165) is 5.56 Å². The first-order valence-electron chi connectivity index (χ1n) is 6.30. The number of benzene rings is 2. The highest BCUT2D eigenvalue weighted by Gasteiger charge is 2.23. The molecule has 96 valence electrons. The standard InChI is InChI=1S/C16H14O3/c17-14-7-6-12-15(18)8-9-19-16(12)13(14)10-11-4-2-1-3-5-11/h1-7,17H,8-10H2. The third-order valence-corrected chi connectivity index (χ3v) is 3.34. The van der Waals surface area contributed by atoms with Crippen LogP contribution in [0.3, 0.4) is 0 Å². The topological polar surface area (TPSA) is 46.5 Å². The minimum Gasteiger partial charge on any atom is -0.508 e. The maximum absolute atomic E-state index is 11.8. The molecule has 0 amide bonds. The fraction of sp³-hybridized carbons (Fsp3) is 0.188. The number of carbonyl (C=O) groups excluding carboxylic acids is 1. The van der Waals surface area contributed by atoms with Gasteiger partial charge in [-0.1, -0.05) is 30.3 Å². The van der Waals surface area contributed by atoms with Crippen LogP contribution in [0.1, 0.15) is 27.9 Å². The summed E-state index contributed by atoms with van der Waals surface area (Å²) in [7, 11) is 0. The lowest BCUT2D eigenvalue weighted by molar-refractivity contribution is 0.0932. The first-order chi connectivity index (χ1) is 9.25. The Morgan fingerprint density at radius 2 is 1.89 bits per heavy atom. The molecule has 0 aromatic heterocycles. The van der Waals surface area contributed by atoms with Crippen LogP contribution in [0, 0.1) is 0 Å². The summed E-state index contributed by atoms with van der Waals surface area (Å²) in [6.45, 7) is 0.386. The average Bonchev–Trinajstić information content (AvgIpc) is 2.43. The van der Waals surface area contributed by atoms with Crippen molar-refractivity contribution in [2.24, 2.45) is 0 Å². The second-order valence-corrected chi connectivity index (χ2v) is 4.62. The molecule has 0 bridgehead atoms. The van der Waals surface area contributed by atoms with E-state index in [9.17, 15) is 9.90 Å². The van der Waals surface area contributed by atoms with Gasteiger partial charge in [0.15, 0.2) is 5.78 Å². The molecule has 0 aliphatic carbocycles. The van der Waals surface area contributed by atoms with Crippen molar-refractivity contribution in [1.82, 2.24) is 0 Å². The quantitative estimate of drug-likeness (QED) is 0.896. The fourth-order valence-corrected chi connectivity index (χ4v) is 2.35. The maximum Gasteiger partial charge on any atom is 0.170 e. The molecule has 0 unspecified atom stereocenters. The Labute approximate surface area is 111 Å². The van der Waals surface area contributed by atoms with Gasteiger partial charge in [-0.05, 0) is 17.7 Å². The van der Waals surface area contributed by atoms with Crippen LogP contribution in [-0.4, -0.2) is 17.5 Å². The molecule has 0 spiro atoms. The predicted molar refractivity (Wildman–Crippen MR) is 71.8 cm³/mol. The molecule has 0 saturated heterocycles. The van der Waals surface area contributed by atoms with Gasteiger partial charge < -0.3 is 9.84 Å². The van der Waals surface area contributed by atoms with Crippen molar-refractivity contribution in [2.45, 2.75) is 12.8 Å². The average molecular weight is 254 g/mol. The van der Waals surface area contributed by atoms with Crippen LogP contribution in [0.2, 0.25) is 0 Å². The van der Waals surface area contributed by atoms with Gasteiger partial charge in [-0.25, -0.2) is 0 Å². The monoisotopic (exact) mass is 254 g/mol. The van der Waals surface area contributed by atoms with E-state index >= 15 is 0 Å². The van der Waals surface area contributed by atoms with Gasteiger partial charge in [0, 0.05) is 18.4 Å². The molecule has 19 heavy (non-hydrogen) atoms. The molecule has 0 saturated carbocycles. The highest BCUT2D eigenvalue weighted by atomic mass is 16.5. The van der Waals surface area contributed by atoms with Gasteiger partial charge in [0.2, 0.25) is 0 Å². The molecule has 1 aliphatic heterocycles. The van der Waals surface area contributed by atoms with Crippen molar-refractivity contribution in [3.8, 4) is 11.5 Å². The van der Waals surface area contributed by atoms with Crippen LogP contribution in [-0.2, 0) is 6.42 Å². The number of phenols is 1. The molecule has 0 atom stereocenters. The van der Waals surface area contributed by atoms with Crippen molar-refractivity contribution in [2.75, 3.05) is 6.61 Å². The summed E-state index contributed by atoms with van der Waals surface area (Å²) in [6, 6.07) is 13.0. The molecule has 2 aromatic carbocycles. The number of aromatic hydroxyl groups is 1. The first-order valence-corrected chi connectivity index (χ1v) is 6.30. The number of hydrogen-bond acceptors (Lipinski definition) is 3. The molecule has 0 fully saturated rings. The van der Waals surface area contributed by atoms with Gasteiger partial charge in [-0.15, -0.1) is 0 Å². The fourth-order valence-electron chi connectivity index (χ4n) is 2.35. The smallest absolute Gasteiger partial charge is 0.170 e. The summed E-state index contributed by atoms with van der Waals surface area (Å²) in [5, 5.41) is 10.0. The summed E-state index contributed by atoms with van der Waals surface area (Å²) in [5.41, 5.74) is 2.35. The zero-order valence-corrected chi connectivity index (χ0v) is 10.4. The summed E-state index contributed by atoms with van der Waals surface area (Å²) < 4.78 is 5.60. The van der Waals surface area contributed by atoms with Crippen molar-refractivity contribution >= 4 is 5.78 Å². The van der Waals surface area contributed by atoms with Crippen LogP contribution >= 0.6 is 0 Å². The Bertz CT molecular complexity index is 617. The van der Waals surface area contributed by atoms with E-state index in [0.29, 0.717) is 36.3 Å². The highest BCUT2D eigenvalue weighted by Crippen LogP contribution is 2.36. The second kappa shape index (κ2) is 4.76. The van der Waals surface area contributed by atoms with Crippen LogP contribution in [0.5, 0.6) is 11.5 Å². The zero-order valence-electron chi connectivity index (χ0n) is 10.4. The lowest BCUT2D eigenvalue weighted by atomic mass is 9.96. The molecular weight excluding hydrogens is 240 g/mol. The second-order valence-electron chi connectivity index (χ2n) is 4.62. The van der Waals surface area contributed by atoms with Gasteiger partial charge in [-0.2, -0.15) is 0 Å². The maximum atomic E-state index is 11.8. The summed E-state index contributed by atoms with van der Waals surface area (Å²) >= 11 is 0. The number of ether oxygens (including phenoxy) is 1. The third-order valence-electron chi connectivity index (χ3n) is 3.34. The van der Waals surface area contributed by atoms with E-state index in [1.165, 1.54) is 0 Å². The summed E-state index contributed by atoms with van der Waals surface area (Å²) in [6.07, 6.45) is 0.964. The van der Waals surface area contributed by atoms with Crippen LogP contribution < -0.4 is 4.74 Å². The SMILES string of the molecule is O=C1CCOc2c1ccc(O)c2Cc1ccccc1. The van der Waals surface area contributed by atoms with Crippen molar-refractivity contribution in [3.05, 3.63) is 59.2 Å². The normalized spacial score (nSPS) is 13.8. The van der Waals surface area contributed by atoms with Gasteiger partial charge in [-0.3, -0.25) is 4.79 Å². The first kappa shape index (κ1) is 11.8. The van der Waals surface area contributed by atoms with Crippen LogP contribution in [0.4, 0.5) is 0 Å². The van der Waals surface area contributed by atoms with E-state index in [1.807, 2.05) is 30.3 Å². The van der Waals surface area contributed by atoms with Crippen molar-refractivity contribution < 1.29 is 14.6 Å². The molecule has 3 heteroatoms. The van der Waals surface area contributed by atoms with Gasteiger partial charge >= 0.3 is 0 Å². The number of Topliss-reactive ketones (excluding diaryl/α,β-unsaturated/α-hetero) is 1. The minimum absolute atomic E-state index is 0.0792. The molecule has 3 rings (SSSR count). The largest absolute Gasteiger partial charge is 0.508 e. The Kier molecular flexibility index (Phi) is 2.95. The number of phenolic OH excluding ortho intramolecular Hbond substituents is 1. The van der Waals surface area contributed by atoms with E-state index < -0.39 is 0 Å².